The average Bonchev–Trinajstić information content (AvgIpc) is 2.03. The van der Waals surface area contributed by atoms with E-state index in [1.807, 2.05) is 19.9 Å². The van der Waals surface area contributed by atoms with E-state index in [0.29, 0.717) is 0 Å². The van der Waals surface area contributed by atoms with Crippen molar-refractivity contribution in [2.75, 3.05) is 0 Å². The molecule has 0 saturated carbocycles. The Morgan fingerprint density at radius 2 is 2.25 bits per heavy atom. The van der Waals surface area contributed by atoms with Crippen molar-refractivity contribution < 1.29 is 0 Å². The molecule has 0 N–H and O–H groups in total. The van der Waals surface area contributed by atoms with Gasteiger partial charge in [-0.05, 0) is 26.0 Å². The zero-order chi connectivity index (χ0) is 9.19. The third-order valence-corrected chi connectivity index (χ3v) is 1.63. The van der Waals surface area contributed by atoms with Gasteiger partial charge in [0.25, 0.3) is 0 Å². The summed E-state index contributed by atoms with van der Waals surface area (Å²) in [7, 11) is 0. The normalized spacial score (nSPS) is 11.2. The average molecular weight is 180 g/mol. The maximum absolute atomic E-state index is 4.37. The lowest BCUT2D eigenvalue weighted by Crippen LogP contribution is -2.13. The summed E-state index contributed by atoms with van der Waals surface area (Å²) < 4.78 is -0.293. The van der Waals surface area contributed by atoms with Crippen molar-refractivity contribution >= 4 is 18.7 Å². The molecule has 2 nitrogen and oxygen atoms in total. The Morgan fingerprint density at radius 1 is 1.58 bits per heavy atom. The van der Waals surface area contributed by atoms with E-state index in [4.69, 9.17) is 0 Å². The smallest absolute Gasteiger partial charge is 0.144 e. The minimum atomic E-state index is -0.293. The van der Waals surface area contributed by atoms with Crippen LogP contribution in [0.3, 0.4) is 0 Å². The van der Waals surface area contributed by atoms with Crippen molar-refractivity contribution in [3.63, 3.8) is 0 Å². The van der Waals surface area contributed by atoms with Crippen LogP contribution in [0.2, 0.25) is 0 Å². The molecule has 0 atom stereocenters. The van der Waals surface area contributed by atoms with Crippen LogP contribution in [-0.2, 0) is 4.75 Å². The Hall–Kier alpha value is -0.830. The molecule has 0 aliphatic carbocycles. The second-order valence-corrected chi connectivity index (χ2v) is 4.19. The van der Waals surface area contributed by atoms with E-state index in [2.05, 4.69) is 29.2 Å². The summed E-state index contributed by atoms with van der Waals surface area (Å²) in [4.78, 5) is 8.38. The van der Waals surface area contributed by atoms with Crippen molar-refractivity contribution in [1.82, 2.24) is 9.97 Å². The maximum Gasteiger partial charge on any atom is 0.144 e. The van der Waals surface area contributed by atoms with Gasteiger partial charge in [-0.1, -0.05) is 6.58 Å². The van der Waals surface area contributed by atoms with Crippen molar-refractivity contribution in [2.24, 2.45) is 0 Å². The zero-order valence-electron chi connectivity index (χ0n) is 7.28. The molecule has 0 aromatic carbocycles. The van der Waals surface area contributed by atoms with Crippen molar-refractivity contribution in [2.45, 2.75) is 18.6 Å². The van der Waals surface area contributed by atoms with E-state index in [0.717, 1.165) is 11.5 Å². The van der Waals surface area contributed by atoms with Crippen molar-refractivity contribution in [3.05, 3.63) is 30.4 Å². The molecular formula is C9H12N2S. The highest BCUT2D eigenvalue weighted by Gasteiger charge is 2.17. The molecule has 0 spiro atoms. The molecule has 3 heteroatoms. The van der Waals surface area contributed by atoms with Crippen LogP contribution in [-0.4, -0.2) is 9.97 Å². The highest BCUT2D eigenvalue weighted by Crippen LogP contribution is 2.23. The van der Waals surface area contributed by atoms with Gasteiger partial charge in [0.2, 0.25) is 0 Å². The van der Waals surface area contributed by atoms with Gasteiger partial charge in [-0.3, -0.25) is 0 Å². The number of nitrogens with zero attached hydrogens (tertiary/aromatic N) is 2. The quantitative estimate of drug-likeness (QED) is 0.706. The lowest BCUT2D eigenvalue weighted by Gasteiger charge is -2.14. The van der Waals surface area contributed by atoms with Gasteiger partial charge in [0, 0.05) is 6.20 Å². The number of aromatic nitrogens is 2. The Kier molecular flexibility index (Phi) is 2.52. The molecule has 1 aromatic heterocycles. The summed E-state index contributed by atoms with van der Waals surface area (Å²) in [6.07, 6.45) is 3.42. The molecule has 0 aliphatic rings. The van der Waals surface area contributed by atoms with Crippen LogP contribution < -0.4 is 0 Å². The second kappa shape index (κ2) is 3.27. The second-order valence-electron chi connectivity index (χ2n) is 3.07. The van der Waals surface area contributed by atoms with E-state index in [-0.39, 0.29) is 4.75 Å². The van der Waals surface area contributed by atoms with Gasteiger partial charge in [0.15, 0.2) is 0 Å². The van der Waals surface area contributed by atoms with Crippen LogP contribution in [0.25, 0.3) is 6.08 Å². The Morgan fingerprint density at radius 3 is 2.75 bits per heavy atom. The lowest BCUT2D eigenvalue weighted by atomic mass is 10.2. The van der Waals surface area contributed by atoms with Gasteiger partial charge >= 0.3 is 0 Å². The van der Waals surface area contributed by atoms with Gasteiger partial charge in [0.1, 0.15) is 5.82 Å². The van der Waals surface area contributed by atoms with E-state index in [1.54, 1.807) is 12.3 Å². The van der Waals surface area contributed by atoms with E-state index in [9.17, 15) is 0 Å². The third-order valence-electron chi connectivity index (χ3n) is 1.43. The molecule has 64 valence electrons. The zero-order valence-corrected chi connectivity index (χ0v) is 8.18. The minimum absolute atomic E-state index is 0.293. The predicted octanol–water partition coefficient (Wildman–Crippen LogP) is 2.28. The summed E-state index contributed by atoms with van der Waals surface area (Å²) in [5.41, 5.74) is 0.835. The molecule has 0 unspecified atom stereocenters. The van der Waals surface area contributed by atoms with Crippen LogP contribution in [0, 0.1) is 0 Å². The predicted molar refractivity (Wildman–Crippen MR) is 54.1 cm³/mol. The molecule has 1 aromatic rings. The van der Waals surface area contributed by atoms with Gasteiger partial charge in [-0.2, -0.15) is 12.6 Å². The standard InChI is InChI=1S/C9H12N2S/c1-4-7-5-6-10-8(11-7)9(2,3)12/h4-6,12H,1H2,2-3H3. The van der Waals surface area contributed by atoms with E-state index in [1.165, 1.54) is 0 Å². The Balaban J connectivity index is 3.10. The molecule has 1 heterocycles. The molecule has 1 rings (SSSR count). The van der Waals surface area contributed by atoms with Gasteiger partial charge in [0.05, 0.1) is 10.4 Å². The molecule has 0 saturated heterocycles. The molecule has 12 heavy (non-hydrogen) atoms. The number of rotatable bonds is 2. The summed E-state index contributed by atoms with van der Waals surface area (Å²) in [5, 5.41) is 0. The number of hydrogen-bond donors (Lipinski definition) is 1. The summed E-state index contributed by atoms with van der Waals surface area (Å²) in [6, 6.07) is 1.82. The topological polar surface area (TPSA) is 25.8 Å². The first kappa shape index (κ1) is 9.26. The fourth-order valence-corrected chi connectivity index (χ4v) is 0.889. The van der Waals surface area contributed by atoms with Gasteiger partial charge in [-0.25, -0.2) is 9.97 Å². The maximum atomic E-state index is 4.37. The fraction of sp³-hybridized carbons (Fsp3) is 0.333. The largest absolute Gasteiger partial charge is 0.240 e. The van der Waals surface area contributed by atoms with E-state index >= 15 is 0 Å². The van der Waals surface area contributed by atoms with Crippen molar-refractivity contribution in [3.8, 4) is 0 Å². The van der Waals surface area contributed by atoms with Gasteiger partial charge < -0.3 is 0 Å². The van der Waals surface area contributed by atoms with Crippen molar-refractivity contribution in [1.29, 1.82) is 0 Å². The first-order valence-electron chi connectivity index (χ1n) is 3.72. The van der Waals surface area contributed by atoms with Crippen LogP contribution in [0.5, 0.6) is 0 Å². The molecule has 0 fully saturated rings. The molecule has 0 aliphatic heterocycles. The fourth-order valence-electron chi connectivity index (χ4n) is 0.781. The number of hydrogen-bond acceptors (Lipinski definition) is 3. The summed E-state index contributed by atoms with van der Waals surface area (Å²) in [6.45, 7) is 7.55. The van der Waals surface area contributed by atoms with Crippen LogP contribution in [0.15, 0.2) is 18.8 Å². The first-order chi connectivity index (χ1) is 5.54. The Bertz CT molecular complexity index is 289. The third kappa shape index (κ3) is 2.08. The van der Waals surface area contributed by atoms with Crippen LogP contribution >= 0.6 is 12.6 Å². The van der Waals surface area contributed by atoms with E-state index < -0.39 is 0 Å². The monoisotopic (exact) mass is 180 g/mol. The highest BCUT2D eigenvalue weighted by molar-refractivity contribution is 7.81. The van der Waals surface area contributed by atoms with Crippen LogP contribution in [0.4, 0.5) is 0 Å². The molecule has 0 radical (unpaired) electrons. The SMILES string of the molecule is C=Cc1ccnc(C(C)(C)S)n1. The number of thiol groups is 1. The molecular weight excluding hydrogens is 168 g/mol. The molecule has 0 amide bonds. The highest BCUT2D eigenvalue weighted by atomic mass is 32.1. The minimum Gasteiger partial charge on any atom is -0.240 e. The Labute approximate surface area is 78.2 Å². The first-order valence-corrected chi connectivity index (χ1v) is 4.17. The van der Waals surface area contributed by atoms with Crippen LogP contribution in [0.1, 0.15) is 25.4 Å². The summed E-state index contributed by atoms with van der Waals surface area (Å²) in [5.74, 6) is 0.725. The molecule has 0 bridgehead atoms. The van der Waals surface area contributed by atoms with Gasteiger partial charge in [-0.15, -0.1) is 0 Å². The lowest BCUT2D eigenvalue weighted by molar-refractivity contribution is 0.712. The summed E-state index contributed by atoms with van der Waals surface area (Å²) >= 11 is 4.37.